The van der Waals surface area contributed by atoms with E-state index in [1.165, 1.54) is 20.8 Å². The SMILES string of the molecule is CC(C)[C@H](NC(=O)[C@H](CO)NC(=O)[C@H](C)NC(=O)[C@H](CC(N)=O)NC(=O)[C@@H](N)CO)C(=O)N[C@@H](CO)C(=O)N[C@@H](C)C(=O)N1CCC[C@H]1C(=O)N[C@@H](CO)C(=O)O. The molecule has 1 aliphatic rings. The molecule has 57 heavy (non-hydrogen) atoms. The fourth-order valence-corrected chi connectivity index (χ4v) is 5.27. The van der Waals surface area contributed by atoms with E-state index in [9.17, 15) is 63.3 Å². The summed E-state index contributed by atoms with van der Waals surface area (Å²) in [7, 11) is 0. The number of carboxylic acid groups (broad SMARTS) is 1. The molecule has 1 fully saturated rings. The highest BCUT2D eigenvalue weighted by atomic mass is 16.4. The number of aliphatic hydroxyl groups excluding tert-OH is 4. The van der Waals surface area contributed by atoms with Gasteiger partial charge < -0.3 is 79.1 Å². The molecule has 9 atom stereocenters. The van der Waals surface area contributed by atoms with Crippen molar-refractivity contribution in [2.75, 3.05) is 33.0 Å². The fraction of sp³-hybridized carbons (Fsp3) is 0.688. The highest BCUT2D eigenvalue weighted by Gasteiger charge is 2.39. The number of hydrogen-bond donors (Lipinski definition) is 14. The van der Waals surface area contributed by atoms with Crippen molar-refractivity contribution >= 4 is 59.1 Å². The third-order valence-corrected chi connectivity index (χ3v) is 8.57. The summed E-state index contributed by atoms with van der Waals surface area (Å²) in [6, 6.07) is -13.3. The lowest BCUT2D eigenvalue weighted by molar-refractivity contribution is -0.145. The van der Waals surface area contributed by atoms with Gasteiger partial charge in [-0.2, -0.15) is 0 Å². The van der Waals surface area contributed by atoms with E-state index in [-0.39, 0.29) is 13.0 Å². The van der Waals surface area contributed by atoms with Crippen LogP contribution in [0.15, 0.2) is 0 Å². The summed E-state index contributed by atoms with van der Waals surface area (Å²) in [4.78, 5) is 127. The first-order valence-electron chi connectivity index (χ1n) is 17.8. The third kappa shape index (κ3) is 15.2. The van der Waals surface area contributed by atoms with Crippen LogP contribution in [0.25, 0.3) is 0 Å². The average molecular weight is 819 g/mol. The zero-order chi connectivity index (χ0) is 43.7. The first-order valence-corrected chi connectivity index (χ1v) is 17.8. The molecule has 322 valence electrons. The zero-order valence-corrected chi connectivity index (χ0v) is 31.9. The number of hydrogen-bond acceptors (Lipinski definition) is 15. The molecule has 1 saturated heterocycles. The van der Waals surface area contributed by atoms with Crippen LogP contribution in [0.1, 0.15) is 47.0 Å². The molecular weight excluding hydrogens is 764 g/mol. The predicted octanol–water partition coefficient (Wildman–Crippen LogP) is -8.68. The summed E-state index contributed by atoms with van der Waals surface area (Å²) in [5.41, 5.74) is 10.5. The van der Waals surface area contributed by atoms with Crippen molar-refractivity contribution in [2.45, 2.75) is 101 Å². The Morgan fingerprint density at radius 3 is 1.60 bits per heavy atom. The maximum Gasteiger partial charge on any atom is 0.328 e. The Morgan fingerprint density at radius 1 is 0.614 bits per heavy atom. The number of rotatable bonds is 23. The van der Waals surface area contributed by atoms with Crippen molar-refractivity contribution in [1.82, 2.24) is 42.1 Å². The molecule has 16 N–H and O–H groups in total. The van der Waals surface area contributed by atoms with Crippen LogP contribution in [-0.2, 0) is 47.9 Å². The Kier molecular flexibility index (Phi) is 20.5. The van der Waals surface area contributed by atoms with E-state index < -0.39 is 152 Å². The maximum absolute atomic E-state index is 13.3. The largest absolute Gasteiger partial charge is 0.480 e. The monoisotopic (exact) mass is 818 g/mol. The second-order valence-corrected chi connectivity index (χ2v) is 13.5. The molecule has 0 bridgehead atoms. The molecule has 1 aliphatic heterocycles. The minimum Gasteiger partial charge on any atom is -0.480 e. The number of likely N-dealkylation sites (tertiary alicyclic amines) is 1. The molecule has 9 amide bonds. The van der Waals surface area contributed by atoms with Crippen molar-refractivity contribution in [3.05, 3.63) is 0 Å². The van der Waals surface area contributed by atoms with Crippen molar-refractivity contribution in [3.63, 3.8) is 0 Å². The third-order valence-electron chi connectivity index (χ3n) is 8.57. The minimum atomic E-state index is -1.70. The van der Waals surface area contributed by atoms with Gasteiger partial charge in [0.05, 0.1) is 32.8 Å². The Balaban J connectivity index is 2.92. The number of primary amides is 1. The summed E-state index contributed by atoms with van der Waals surface area (Å²) < 4.78 is 0. The maximum atomic E-state index is 13.3. The van der Waals surface area contributed by atoms with Gasteiger partial charge in [0, 0.05) is 6.54 Å². The van der Waals surface area contributed by atoms with Crippen LogP contribution in [0.3, 0.4) is 0 Å². The van der Waals surface area contributed by atoms with Gasteiger partial charge >= 0.3 is 5.97 Å². The predicted molar refractivity (Wildman–Crippen MR) is 192 cm³/mol. The van der Waals surface area contributed by atoms with Crippen molar-refractivity contribution in [1.29, 1.82) is 0 Å². The van der Waals surface area contributed by atoms with E-state index >= 15 is 0 Å². The van der Waals surface area contributed by atoms with Gasteiger partial charge in [-0.3, -0.25) is 43.2 Å². The highest BCUT2D eigenvalue weighted by molar-refractivity contribution is 5.98. The molecule has 0 radical (unpaired) electrons. The molecule has 0 unspecified atom stereocenters. The molecule has 25 heteroatoms. The first-order chi connectivity index (χ1) is 26.6. The molecule has 0 spiro atoms. The number of aliphatic hydroxyl groups is 4. The molecule has 0 aliphatic carbocycles. The minimum absolute atomic E-state index is 0.0888. The molecule has 0 aromatic carbocycles. The summed E-state index contributed by atoms with van der Waals surface area (Å²) in [6.45, 7) is 1.88. The van der Waals surface area contributed by atoms with Gasteiger partial charge in [-0.1, -0.05) is 13.8 Å². The molecule has 25 nitrogen and oxygen atoms in total. The number of carboxylic acids is 1. The van der Waals surface area contributed by atoms with Gasteiger partial charge in [0.25, 0.3) is 0 Å². The highest BCUT2D eigenvalue weighted by Crippen LogP contribution is 2.19. The number of aliphatic carboxylic acids is 1. The Morgan fingerprint density at radius 2 is 1.11 bits per heavy atom. The van der Waals surface area contributed by atoms with Crippen LogP contribution in [0.4, 0.5) is 0 Å². The van der Waals surface area contributed by atoms with Gasteiger partial charge in [-0.15, -0.1) is 0 Å². The molecule has 1 heterocycles. The van der Waals surface area contributed by atoms with Gasteiger partial charge in [0.1, 0.15) is 54.4 Å². The van der Waals surface area contributed by atoms with E-state index in [0.717, 1.165) is 11.8 Å². The van der Waals surface area contributed by atoms with E-state index in [1.54, 1.807) is 0 Å². The van der Waals surface area contributed by atoms with Crippen LogP contribution in [0.2, 0.25) is 0 Å². The number of carbonyl (C=O) groups excluding carboxylic acids is 9. The standard InChI is InChI=1S/C32H54N10O15/c1-13(2)23(41-28(52)19(11-45)38-24(48)14(3)35-26(50)17(8-22(34)47)37-25(49)16(33)9-43)30(54)39-18(10-44)27(51)36-15(4)31(55)42-7-5-6-21(42)29(53)40-20(12-46)32(56)57/h13-21,23,43-46H,5-12,33H2,1-4H3,(H2,34,47)(H,35,50)(H,36,51)(H,37,49)(H,38,48)(H,39,54)(H,40,53)(H,41,52)(H,56,57)/t14-,15-,16-,17-,18-,19-,20-,21-,23-/m0/s1. The van der Waals surface area contributed by atoms with E-state index in [0.29, 0.717) is 6.42 Å². The van der Waals surface area contributed by atoms with Crippen LogP contribution < -0.4 is 48.7 Å². The van der Waals surface area contributed by atoms with Crippen LogP contribution >= 0.6 is 0 Å². The van der Waals surface area contributed by atoms with Gasteiger partial charge in [-0.05, 0) is 32.6 Å². The normalized spacial score (nSPS) is 17.9. The molecule has 0 aromatic rings. The number of nitrogens with two attached hydrogens (primary N) is 2. The lowest BCUT2D eigenvalue weighted by Gasteiger charge is -2.29. The number of nitrogens with zero attached hydrogens (tertiary/aromatic N) is 1. The average Bonchev–Trinajstić information content (AvgIpc) is 3.65. The van der Waals surface area contributed by atoms with Crippen LogP contribution in [0, 0.1) is 5.92 Å². The lowest BCUT2D eigenvalue weighted by Crippen LogP contribution is -2.61. The Bertz CT molecular complexity index is 1500. The number of nitrogens with one attached hydrogen (secondary N) is 7. The van der Waals surface area contributed by atoms with E-state index in [1.807, 2.05) is 0 Å². The number of carbonyl (C=O) groups is 10. The van der Waals surface area contributed by atoms with Gasteiger partial charge in [0.15, 0.2) is 0 Å². The second kappa shape index (κ2) is 23.5. The smallest absolute Gasteiger partial charge is 0.328 e. The lowest BCUT2D eigenvalue weighted by atomic mass is 10.0. The summed E-state index contributed by atoms with van der Waals surface area (Å²) >= 11 is 0. The molecule has 0 aromatic heterocycles. The molecule has 1 rings (SSSR count). The zero-order valence-electron chi connectivity index (χ0n) is 31.9. The topological polar surface area (TPSA) is 411 Å². The molecular formula is C32H54N10O15. The van der Waals surface area contributed by atoms with Crippen molar-refractivity contribution in [2.24, 2.45) is 17.4 Å². The summed E-state index contributed by atoms with van der Waals surface area (Å²) in [5.74, 6) is -10.9. The van der Waals surface area contributed by atoms with E-state index in [2.05, 4.69) is 37.2 Å². The first kappa shape index (κ1) is 49.5. The Hall–Kier alpha value is -5.50. The second-order valence-electron chi connectivity index (χ2n) is 13.5. The van der Waals surface area contributed by atoms with Gasteiger partial charge in [0.2, 0.25) is 53.2 Å². The molecule has 0 saturated carbocycles. The summed E-state index contributed by atoms with van der Waals surface area (Å²) in [5, 5.41) is 62.7. The number of amides is 9. The van der Waals surface area contributed by atoms with E-state index in [4.69, 9.17) is 21.7 Å². The Labute approximate surface area is 326 Å². The quantitative estimate of drug-likeness (QED) is 0.0455. The van der Waals surface area contributed by atoms with Gasteiger partial charge in [-0.25, -0.2) is 4.79 Å². The van der Waals surface area contributed by atoms with Crippen molar-refractivity contribution in [3.8, 4) is 0 Å². The fourth-order valence-electron chi connectivity index (χ4n) is 5.27. The summed E-state index contributed by atoms with van der Waals surface area (Å²) in [6.07, 6.45) is -0.158. The van der Waals surface area contributed by atoms with Crippen LogP contribution in [-0.4, -0.2) is 177 Å². The van der Waals surface area contributed by atoms with Crippen LogP contribution in [0.5, 0.6) is 0 Å². The van der Waals surface area contributed by atoms with Crippen molar-refractivity contribution < 1.29 is 73.5 Å².